The van der Waals surface area contributed by atoms with E-state index in [1.54, 1.807) is 23.1 Å². The molecule has 5 nitrogen and oxygen atoms in total. The number of ether oxygens (including phenoxy) is 1. The van der Waals surface area contributed by atoms with Crippen molar-refractivity contribution in [3.63, 3.8) is 0 Å². The molecule has 0 radical (unpaired) electrons. The third-order valence-electron chi connectivity index (χ3n) is 4.25. The number of amides is 2. The van der Waals surface area contributed by atoms with E-state index in [0.717, 1.165) is 19.3 Å². The van der Waals surface area contributed by atoms with Crippen LogP contribution in [0.2, 0.25) is 0 Å². The highest BCUT2D eigenvalue weighted by Gasteiger charge is 2.25. The lowest BCUT2D eigenvalue weighted by Gasteiger charge is -2.29. The van der Waals surface area contributed by atoms with E-state index in [4.69, 9.17) is 4.74 Å². The molecular formula is C20H21FN2O3. The normalized spacial score (nSPS) is 13.2. The summed E-state index contributed by atoms with van der Waals surface area (Å²) < 4.78 is 18.5. The summed E-state index contributed by atoms with van der Waals surface area (Å²) in [5.41, 5.74) is 1.57. The number of benzene rings is 2. The number of fused-ring (bicyclic) bond motifs is 1. The van der Waals surface area contributed by atoms with Crippen molar-refractivity contribution >= 4 is 23.2 Å². The minimum atomic E-state index is -0.395. The van der Waals surface area contributed by atoms with E-state index in [1.165, 1.54) is 24.3 Å². The van der Waals surface area contributed by atoms with Crippen LogP contribution in [0, 0.1) is 5.82 Å². The van der Waals surface area contributed by atoms with E-state index in [9.17, 15) is 14.0 Å². The molecule has 0 bridgehead atoms. The number of hydrogen-bond acceptors (Lipinski definition) is 3. The van der Waals surface area contributed by atoms with Crippen molar-refractivity contribution in [2.24, 2.45) is 0 Å². The molecule has 0 aromatic heterocycles. The summed E-state index contributed by atoms with van der Waals surface area (Å²) in [6.45, 7) is 2.76. The third kappa shape index (κ3) is 4.02. The summed E-state index contributed by atoms with van der Waals surface area (Å²) >= 11 is 0. The second kappa shape index (κ2) is 7.99. The number of carbonyl (C=O) groups is 2. The molecule has 3 rings (SSSR count). The Morgan fingerprint density at radius 3 is 2.69 bits per heavy atom. The first kappa shape index (κ1) is 17.9. The van der Waals surface area contributed by atoms with Crippen LogP contribution in [-0.2, 0) is 4.79 Å². The van der Waals surface area contributed by atoms with Crippen molar-refractivity contribution in [3.8, 4) is 5.75 Å². The van der Waals surface area contributed by atoms with Gasteiger partial charge >= 0.3 is 0 Å². The van der Waals surface area contributed by atoms with E-state index in [-0.39, 0.29) is 18.4 Å². The molecule has 0 atom stereocenters. The molecule has 1 N–H and O–H groups in total. The van der Waals surface area contributed by atoms with Gasteiger partial charge in [-0.1, -0.05) is 19.8 Å². The lowest BCUT2D eigenvalue weighted by Crippen LogP contribution is -2.39. The third-order valence-corrected chi connectivity index (χ3v) is 4.25. The minimum Gasteiger partial charge on any atom is -0.482 e. The van der Waals surface area contributed by atoms with Crippen molar-refractivity contribution in [2.45, 2.75) is 26.2 Å². The van der Waals surface area contributed by atoms with Gasteiger partial charge in [0.1, 0.15) is 11.6 Å². The Hall–Kier alpha value is -2.89. The van der Waals surface area contributed by atoms with Crippen LogP contribution in [0.4, 0.5) is 15.8 Å². The molecule has 0 aliphatic carbocycles. The Morgan fingerprint density at radius 2 is 1.96 bits per heavy atom. The number of unbranched alkanes of at least 4 members (excludes halogenated alkanes) is 2. The fourth-order valence-corrected chi connectivity index (χ4v) is 2.85. The second-order valence-corrected chi connectivity index (χ2v) is 6.18. The Morgan fingerprint density at radius 1 is 1.19 bits per heavy atom. The van der Waals surface area contributed by atoms with Crippen LogP contribution in [0.3, 0.4) is 0 Å². The van der Waals surface area contributed by atoms with Gasteiger partial charge in [-0.05, 0) is 48.9 Å². The number of halogens is 1. The average Bonchev–Trinajstić information content (AvgIpc) is 2.64. The van der Waals surface area contributed by atoms with Gasteiger partial charge in [0.2, 0.25) is 0 Å². The first-order valence-electron chi connectivity index (χ1n) is 8.72. The lowest BCUT2D eigenvalue weighted by atomic mass is 10.1. The number of nitrogens with one attached hydrogen (secondary N) is 1. The van der Waals surface area contributed by atoms with Crippen molar-refractivity contribution in [1.82, 2.24) is 0 Å². The highest BCUT2D eigenvalue weighted by molar-refractivity contribution is 6.05. The van der Waals surface area contributed by atoms with Gasteiger partial charge in [0.05, 0.1) is 5.69 Å². The van der Waals surface area contributed by atoms with Crippen LogP contribution in [-0.4, -0.2) is 25.0 Å². The first-order valence-corrected chi connectivity index (χ1v) is 8.72. The van der Waals surface area contributed by atoms with Gasteiger partial charge in [-0.2, -0.15) is 0 Å². The summed E-state index contributed by atoms with van der Waals surface area (Å²) in [6.07, 6.45) is 3.02. The Balaban J connectivity index is 1.79. The molecule has 2 amide bonds. The molecule has 1 heterocycles. The first-order chi connectivity index (χ1) is 12.6. The molecule has 0 unspecified atom stereocenters. The Kier molecular flexibility index (Phi) is 5.51. The van der Waals surface area contributed by atoms with Gasteiger partial charge in [0.15, 0.2) is 6.61 Å². The van der Waals surface area contributed by atoms with Crippen LogP contribution in [0.25, 0.3) is 0 Å². The largest absolute Gasteiger partial charge is 0.482 e. The lowest BCUT2D eigenvalue weighted by molar-refractivity contribution is -0.121. The highest BCUT2D eigenvalue weighted by Crippen LogP contribution is 2.35. The maximum absolute atomic E-state index is 13.0. The Bertz CT molecular complexity index is 805. The van der Waals surface area contributed by atoms with Gasteiger partial charge < -0.3 is 15.0 Å². The SMILES string of the molecule is CCCCCN1C(=O)COc2ccc(NC(=O)c3ccc(F)cc3)cc21. The molecule has 0 fully saturated rings. The zero-order valence-corrected chi connectivity index (χ0v) is 14.6. The molecule has 26 heavy (non-hydrogen) atoms. The van der Waals surface area contributed by atoms with Crippen molar-refractivity contribution in [2.75, 3.05) is 23.4 Å². The quantitative estimate of drug-likeness (QED) is 0.796. The topological polar surface area (TPSA) is 58.6 Å². The standard InChI is InChI=1S/C20H21FN2O3/c1-2-3-4-11-23-17-12-16(9-10-18(17)26-13-19(23)24)22-20(25)14-5-7-15(21)8-6-14/h5-10,12H,2-4,11,13H2,1H3,(H,22,25). The van der Waals surface area contributed by atoms with Crippen LogP contribution < -0.4 is 15.0 Å². The molecule has 2 aromatic carbocycles. The highest BCUT2D eigenvalue weighted by atomic mass is 19.1. The predicted octanol–water partition coefficient (Wildman–Crippen LogP) is 3.99. The van der Waals surface area contributed by atoms with E-state index in [1.807, 2.05) is 0 Å². The molecule has 2 aromatic rings. The van der Waals surface area contributed by atoms with Crippen LogP contribution in [0.5, 0.6) is 5.75 Å². The summed E-state index contributed by atoms with van der Waals surface area (Å²) in [5, 5.41) is 2.78. The zero-order chi connectivity index (χ0) is 18.5. The maximum Gasteiger partial charge on any atom is 0.265 e. The molecule has 6 heteroatoms. The van der Waals surface area contributed by atoms with E-state index >= 15 is 0 Å². The fraction of sp³-hybridized carbons (Fsp3) is 0.300. The van der Waals surface area contributed by atoms with Gasteiger partial charge in [-0.15, -0.1) is 0 Å². The molecule has 0 spiro atoms. The van der Waals surface area contributed by atoms with Gasteiger partial charge in [0, 0.05) is 17.8 Å². The van der Waals surface area contributed by atoms with E-state index in [2.05, 4.69) is 12.2 Å². The monoisotopic (exact) mass is 356 g/mol. The molecule has 0 saturated carbocycles. The molecule has 0 saturated heterocycles. The maximum atomic E-state index is 13.0. The summed E-state index contributed by atoms with van der Waals surface area (Å²) in [4.78, 5) is 26.2. The molecule has 1 aliphatic rings. The number of carbonyl (C=O) groups excluding carboxylic acids is 2. The molecule has 136 valence electrons. The van der Waals surface area contributed by atoms with E-state index < -0.39 is 5.82 Å². The summed E-state index contributed by atoms with van der Waals surface area (Å²) in [7, 11) is 0. The van der Waals surface area contributed by atoms with E-state index in [0.29, 0.717) is 29.2 Å². The Labute approximate surface area is 151 Å². The minimum absolute atomic E-state index is 0.0282. The molecular weight excluding hydrogens is 335 g/mol. The number of anilines is 2. The summed E-state index contributed by atoms with van der Waals surface area (Å²) in [6, 6.07) is 10.5. The number of nitrogens with zero attached hydrogens (tertiary/aromatic N) is 1. The van der Waals surface area contributed by atoms with Crippen molar-refractivity contribution < 1.29 is 18.7 Å². The second-order valence-electron chi connectivity index (χ2n) is 6.18. The average molecular weight is 356 g/mol. The van der Waals surface area contributed by atoms with Crippen LogP contribution >= 0.6 is 0 Å². The zero-order valence-electron chi connectivity index (χ0n) is 14.6. The number of hydrogen-bond donors (Lipinski definition) is 1. The smallest absolute Gasteiger partial charge is 0.265 e. The fourth-order valence-electron chi connectivity index (χ4n) is 2.85. The van der Waals surface area contributed by atoms with Gasteiger partial charge in [-0.3, -0.25) is 9.59 Å². The van der Waals surface area contributed by atoms with Gasteiger partial charge in [-0.25, -0.2) is 4.39 Å². The van der Waals surface area contributed by atoms with Crippen molar-refractivity contribution in [1.29, 1.82) is 0 Å². The van der Waals surface area contributed by atoms with Crippen molar-refractivity contribution in [3.05, 3.63) is 53.8 Å². The van der Waals surface area contributed by atoms with Crippen LogP contribution in [0.15, 0.2) is 42.5 Å². The molecule has 1 aliphatic heterocycles. The van der Waals surface area contributed by atoms with Crippen LogP contribution in [0.1, 0.15) is 36.5 Å². The summed E-state index contributed by atoms with van der Waals surface area (Å²) in [5.74, 6) is -0.198. The van der Waals surface area contributed by atoms with Gasteiger partial charge in [0.25, 0.3) is 11.8 Å². The predicted molar refractivity (Wildman–Crippen MR) is 98.2 cm³/mol. The number of rotatable bonds is 6.